The van der Waals surface area contributed by atoms with Crippen molar-refractivity contribution >= 4 is 22.5 Å². The van der Waals surface area contributed by atoms with Crippen LogP contribution in [0.3, 0.4) is 0 Å². The number of carbonyl (C=O) groups excluding carboxylic acids is 1. The summed E-state index contributed by atoms with van der Waals surface area (Å²) in [6.07, 6.45) is 1.11. The predicted molar refractivity (Wildman–Crippen MR) is 100 cm³/mol. The molecule has 6 heteroatoms. The summed E-state index contributed by atoms with van der Waals surface area (Å²) in [7, 11) is 1.69. The van der Waals surface area contributed by atoms with E-state index in [1.54, 1.807) is 18.4 Å². The molecule has 1 aliphatic heterocycles. The molecule has 0 unspecified atom stereocenters. The largest absolute Gasteiger partial charge is 0.341 e. The van der Waals surface area contributed by atoms with Crippen molar-refractivity contribution in [1.29, 1.82) is 0 Å². The molecule has 24 heavy (non-hydrogen) atoms. The lowest BCUT2D eigenvalue weighted by Crippen LogP contribution is -2.62. The Morgan fingerprint density at radius 1 is 1.29 bits per heavy atom. The highest BCUT2D eigenvalue weighted by Gasteiger charge is 2.38. The molecule has 2 aromatic rings. The van der Waals surface area contributed by atoms with Gasteiger partial charge in [0.05, 0.1) is 25.3 Å². The quantitative estimate of drug-likeness (QED) is 0.865. The van der Waals surface area contributed by atoms with Crippen LogP contribution >= 0.6 is 11.3 Å². The van der Waals surface area contributed by atoms with E-state index >= 15 is 0 Å². The Morgan fingerprint density at radius 2 is 2.00 bits per heavy atom. The second-order valence-corrected chi connectivity index (χ2v) is 7.08. The molecule has 2 amide bonds. The maximum absolute atomic E-state index is 11.9. The van der Waals surface area contributed by atoms with Crippen LogP contribution in [0.1, 0.15) is 13.3 Å². The molecule has 5 nitrogen and oxygen atoms in total. The van der Waals surface area contributed by atoms with Gasteiger partial charge in [-0.15, -0.1) is 0 Å². The molecule has 3 rings (SSSR count). The van der Waals surface area contributed by atoms with E-state index in [-0.39, 0.29) is 6.03 Å². The van der Waals surface area contributed by atoms with Gasteiger partial charge in [-0.3, -0.25) is 4.48 Å². The van der Waals surface area contributed by atoms with Gasteiger partial charge in [-0.25, -0.2) is 4.79 Å². The summed E-state index contributed by atoms with van der Waals surface area (Å²) in [6.45, 7) is 6.71. The molecular formula is C18H25N4OS+. The molecule has 0 atom stereocenters. The maximum Gasteiger partial charge on any atom is 0.317 e. The van der Waals surface area contributed by atoms with E-state index in [4.69, 9.17) is 4.98 Å². The number of quaternary nitrogens is 1. The van der Waals surface area contributed by atoms with Crippen molar-refractivity contribution in [2.45, 2.75) is 13.3 Å². The van der Waals surface area contributed by atoms with Crippen LogP contribution < -0.4 is 9.80 Å². The number of nitrogens with one attached hydrogen (secondary N) is 1. The minimum atomic E-state index is 0.0217. The van der Waals surface area contributed by atoms with Crippen molar-refractivity contribution in [2.75, 3.05) is 39.8 Å². The standard InChI is InChI=1S/C18H24N4OS/c1-3-11-22(12-9-21(10-13-22)17(23)19-2)18-20-16(14-24-18)15-7-5-4-6-8-15/h4-8,14H,3,9-13H2,1-2H3/p+1. The van der Waals surface area contributed by atoms with E-state index in [0.717, 1.165) is 49.3 Å². The van der Waals surface area contributed by atoms with Gasteiger partial charge in [-0.1, -0.05) is 48.6 Å². The number of hydrogen-bond donors (Lipinski definition) is 1. The Kier molecular flexibility index (Phi) is 5.16. The highest BCUT2D eigenvalue weighted by atomic mass is 32.1. The zero-order valence-electron chi connectivity index (χ0n) is 14.4. The number of aromatic nitrogens is 1. The van der Waals surface area contributed by atoms with E-state index in [9.17, 15) is 4.79 Å². The summed E-state index contributed by atoms with van der Waals surface area (Å²) in [6, 6.07) is 10.4. The van der Waals surface area contributed by atoms with Gasteiger partial charge in [0.1, 0.15) is 13.1 Å². The molecule has 1 aliphatic rings. The number of hydrogen-bond acceptors (Lipinski definition) is 3. The van der Waals surface area contributed by atoms with Gasteiger partial charge in [-0.05, 0) is 6.42 Å². The Labute approximate surface area is 147 Å². The molecule has 0 radical (unpaired) electrons. The van der Waals surface area contributed by atoms with Gasteiger partial charge in [0.2, 0.25) is 0 Å². The Morgan fingerprint density at radius 3 is 2.62 bits per heavy atom. The highest BCUT2D eigenvalue weighted by Crippen LogP contribution is 2.33. The molecule has 0 aliphatic carbocycles. The summed E-state index contributed by atoms with van der Waals surface area (Å²) in [5.74, 6) is 0. The van der Waals surface area contributed by atoms with Crippen LogP contribution in [0, 0.1) is 0 Å². The lowest BCUT2D eigenvalue weighted by Gasteiger charge is -2.42. The lowest BCUT2D eigenvalue weighted by atomic mass is 10.2. The summed E-state index contributed by atoms with van der Waals surface area (Å²) < 4.78 is 0.890. The molecule has 0 saturated carbocycles. The van der Waals surface area contributed by atoms with Crippen molar-refractivity contribution < 1.29 is 4.79 Å². The third-order valence-electron chi connectivity index (χ3n) is 4.72. The topological polar surface area (TPSA) is 45.2 Å². The number of piperazine rings is 1. The SMILES string of the molecule is CCC[N+]1(c2nc(-c3ccccc3)cs2)CCN(C(=O)NC)CC1. The van der Waals surface area contributed by atoms with Gasteiger partial charge in [-0.2, -0.15) is 4.98 Å². The summed E-state index contributed by atoms with van der Waals surface area (Å²) in [5.41, 5.74) is 2.22. The van der Waals surface area contributed by atoms with Crippen molar-refractivity contribution in [2.24, 2.45) is 0 Å². The summed E-state index contributed by atoms with van der Waals surface area (Å²) in [4.78, 5) is 18.7. The zero-order chi connectivity index (χ0) is 17.0. The summed E-state index contributed by atoms with van der Waals surface area (Å²) in [5, 5.41) is 6.06. The molecule has 1 aromatic carbocycles. The molecule has 2 heterocycles. The Bertz CT molecular complexity index is 677. The predicted octanol–water partition coefficient (Wildman–Crippen LogP) is 3.18. The van der Waals surface area contributed by atoms with Crippen LogP contribution in [-0.2, 0) is 0 Å². The van der Waals surface area contributed by atoms with Gasteiger partial charge >= 0.3 is 6.03 Å². The van der Waals surface area contributed by atoms with E-state index in [2.05, 4.69) is 29.8 Å². The normalized spacial score (nSPS) is 16.8. The van der Waals surface area contributed by atoms with Crippen LogP contribution in [0.15, 0.2) is 35.7 Å². The minimum Gasteiger partial charge on any atom is -0.341 e. The molecule has 1 saturated heterocycles. The number of rotatable bonds is 4. The van der Waals surface area contributed by atoms with Crippen LogP contribution in [0.4, 0.5) is 9.93 Å². The highest BCUT2D eigenvalue weighted by molar-refractivity contribution is 7.13. The van der Waals surface area contributed by atoms with Crippen molar-refractivity contribution in [3.05, 3.63) is 35.7 Å². The van der Waals surface area contributed by atoms with Gasteiger partial charge in [0.15, 0.2) is 0 Å². The second-order valence-electron chi connectivity index (χ2n) is 6.24. The number of nitrogens with zero attached hydrogens (tertiary/aromatic N) is 3. The average molecular weight is 345 g/mol. The zero-order valence-corrected chi connectivity index (χ0v) is 15.2. The third kappa shape index (κ3) is 3.30. The van der Waals surface area contributed by atoms with E-state index in [1.807, 2.05) is 23.1 Å². The molecule has 1 fully saturated rings. The van der Waals surface area contributed by atoms with Crippen LogP contribution in [0.25, 0.3) is 11.3 Å². The molecule has 1 N–H and O–H groups in total. The first-order valence-electron chi connectivity index (χ1n) is 8.53. The van der Waals surface area contributed by atoms with Crippen LogP contribution in [0.2, 0.25) is 0 Å². The fourth-order valence-corrected chi connectivity index (χ4v) is 4.43. The van der Waals surface area contributed by atoms with Gasteiger partial charge < -0.3 is 10.2 Å². The first-order chi connectivity index (χ1) is 11.7. The third-order valence-corrected chi connectivity index (χ3v) is 5.75. The molecule has 0 bridgehead atoms. The lowest BCUT2D eigenvalue weighted by molar-refractivity contribution is 0.142. The number of carbonyl (C=O) groups is 1. The van der Waals surface area contributed by atoms with E-state index < -0.39 is 0 Å². The van der Waals surface area contributed by atoms with E-state index in [1.165, 1.54) is 10.7 Å². The molecule has 0 spiro atoms. The second kappa shape index (κ2) is 7.32. The Hall–Kier alpha value is -1.92. The molecular weight excluding hydrogens is 320 g/mol. The van der Waals surface area contributed by atoms with Crippen molar-refractivity contribution in [1.82, 2.24) is 19.7 Å². The number of benzene rings is 1. The van der Waals surface area contributed by atoms with E-state index in [0.29, 0.717) is 0 Å². The molecule has 1 aromatic heterocycles. The number of amides is 2. The van der Waals surface area contributed by atoms with Crippen LogP contribution in [-0.4, -0.2) is 55.7 Å². The van der Waals surface area contributed by atoms with Gasteiger partial charge in [0.25, 0.3) is 5.13 Å². The van der Waals surface area contributed by atoms with Gasteiger partial charge in [0, 0.05) is 18.0 Å². The summed E-state index contributed by atoms with van der Waals surface area (Å²) >= 11 is 1.75. The monoisotopic (exact) mass is 345 g/mol. The number of urea groups is 1. The first-order valence-corrected chi connectivity index (χ1v) is 9.41. The van der Waals surface area contributed by atoms with Crippen LogP contribution in [0.5, 0.6) is 0 Å². The molecule has 128 valence electrons. The minimum absolute atomic E-state index is 0.0217. The fraction of sp³-hybridized carbons (Fsp3) is 0.444. The maximum atomic E-state index is 11.9. The Balaban J connectivity index is 1.82. The fourth-order valence-electron chi connectivity index (χ4n) is 3.37. The average Bonchev–Trinajstić information content (AvgIpc) is 3.13. The number of thiazole rings is 1. The first kappa shape index (κ1) is 16.9. The smallest absolute Gasteiger partial charge is 0.317 e. The van der Waals surface area contributed by atoms with Crippen molar-refractivity contribution in [3.8, 4) is 11.3 Å². The van der Waals surface area contributed by atoms with Crippen molar-refractivity contribution in [3.63, 3.8) is 0 Å².